The Morgan fingerprint density at radius 2 is 1.78 bits per heavy atom. The Morgan fingerprint density at radius 3 is 2.52 bits per heavy atom. The van der Waals surface area contributed by atoms with E-state index in [0.29, 0.717) is 12.0 Å². The van der Waals surface area contributed by atoms with Gasteiger partial charge in [-0.25, -0.2) is 0 Å². The van der Waals surface area contributed by atoms with E-state index < -0.39 is 0 Å². The third-order valence-electron chi connectivity index (χ3n) is 5.08. The first kappa shape index (κ1) is 14.5. The molecule has 2 aromatic rings. The van der Waals surface area contributed by atoms with Crippen molar-refractivity contribution < 1.29 is 9.53 Å². The number of benzene rings is 2. The molecule has 23 heavy (non-hydrogen) atoms. The molecule has 0 spiro atoms. The summed E-state index contributed by atoms with van der Waals surface area (Å²) in [4.78, 5) is 14.1. The molecule has 2 aliphatic rings. The highest BCUT2D eigenvalue weighted by atomic mass is 16.5. The number of carbonyl (C=O) groups is 1. The van der Waals surface area contributed by atoms with Gasteiger partial charge in [0.15, 0.2) is 0 Å². The highest BCUT2D eigenvalue weighted by molar-refractivity contribution is 5.66. The van der Waals surface area contributed by atoms with Crippen molar-refractivity contribution in [3.05, 3.63) is 71.3 Å². The van der Waals surface area contributed by atoms with Gasteiger partial charge < -0.3 is 4.74 Å². The van der Waals surface area contributed by atoms with Crippen LogP contribution in [-0.4, -0.2) is 17.4 Å². The van der Waals surface area contributed by atoms with Gasteiger partial charge in [0.1, 0.15) is 6.10 Å². The molecule has 1 saturated heterocycles. The number of ether oxygens (including phenoxy) is 1. The van der Waals surface area contributed by atoms with Gasteiger partial charge >= 0.3 is 5.97 Å². The molecule has 1 aliphatic heterocycles. The van der Waals surface area contributed by atoms with Crippen LogP contribution in [0.4, 0.5) is 0 Å². The number of carbonyl (C=O) groups excluding carboxylic acids is 1. The Labute approximate surface area is 136 Å². The van der Waals surface area contributed by atoms with E-state index in [1.165, 1.54) is 23.6 Å². The minimum absolute atomic E-state index is 0.0885. The van der Waals surface area contributed by atoms with Gasteiger partial charge in [0.2, 0.25) is 0 Å². The second-order valence-electron chi connectivity index (χ2n) is 6.51. The summed E-state index contributed by atoms with van der Waals surface area (Å²) in [6, 6.07) is 19.4. The summed E-state index contributed by atoms with van der Waals surface area (Å²) in [6.45, 7) is 3.51. The SMILES string of the molecule is CC(=O)O[C@@H]1c2ccccc2[C@@H]2[C@H]1CCN2Cc1ccccc1. The van der Waals surface area contributed by atoms with Crippen LogP contribution in [0.1, 0.15) is 42.2 Å². The molecule has 1 fully saturated rings. The summed E-state index contributed by atoms with van der Waals surface area (Å²) >= 11 is 0. The average Bonchev–Trinajstić information content (AvgIpc) is 3.09. The highest BCUT2D eigenvalue weighted by Crippen LogP contribution is 2.53. The van der Waals surface area contributed by atoms with Crippen molar-refractivity contribution >= 4 is 5.97 Å². The molecule has 118 valence electrons. The maximum absolute atomic E-state index is 11.5. The van der Waals surface area contributed by atoms with Crippen LogP contribution in [0.15, 0.2) is 54.6 Å². The highest BCUT2D eigenvalue weighted by Gasteiger charge is 2.48. The van der Waals surface area contributed by atoms with Gasteiger partial charge in [0, 0.05) is 25.4 Å². The first-order valence-corrected chi connectivity index (χ1v) is 8.28. The average molecular weight is 307 g/mol. The van der Waals surface area contributed by atoms with Crippen LogP contribution in [0.25, 0.3) is 0 Å². The smallest absolute Gasteiger partial charge is 0.303 e. The predicted octanol–water partition coefficient (Wildman–Crippen LogP) is 3.87. The van der Waals surface area contributed by atoms with Crippen LogP contribution in [0, 0.1) is 5.92 Å². The largest absolute Gasteiger partial charge is 0.457 e. The number of esters is 1. The van der Waals surface area contributed by atoms with E-state index in [1.807, 2.05) is 6.07 Å². The molecule has 3 atom stereocenters. The summed E-state index contributed by atoms with van der Waals surface area (Å²) in [7, 11) is 0. The molecule has 0 bridgehead atoms. The van der Waals surface area contributed by atoms with E-state index in [1.54, 1.807) is 0 Å². The summed E-state index contributed by atoms with van der Waals surface area (Å²) in [5.74, 6) is 0.187. The fourth-order valence-corrected chi connectivity index (χ4v) is 4.22. The molecule has 0 saturated carbocycles. The third kappa shape index (κ3) is 2.55. The van der Waals surface area contributed by atoms with Crippen LogP contribution >= 0.6 is 0 Å². The third-order valence-corrected chi connectivity index (χ3v) is 5.08. The summed E-state index contributed by atoms with van der Waals surface area (Å²) in [5, 5.41) is 0. The lowest BCUT2D eigenvalue weighted by atomic mass is 9.99. The quantitative estimate of drug-likeness (QED) is 0.806. The summed E-state index contributed by atoms with van der Waals surface area (Å²) in [5.41, 5.74) is 3.86. The molecule has 1 heterocycles. The topological polar surface area (TPSA) is 29.5 Å². The van der Waals surface area contributed by atoms with Gasteiger partial charge in [0.25, 0.3) is 0 Å². The van der Waals surface area contributed by atoms with E-state index in [-0.39, 0.29) is 12.1 Å². The van der Waals surface area contributed by atoms with Crippen LogP contribution in [0.2, 0.25) is 0 Å². The minimum atomic E-state index is -0.188. The van der Waals surface area contributed by atoms with Gasteiger partial charge in [-0.1, -0.05) is 54.6 Å². The standard InChI is InChI=1S/C20H21NO2/c1-14(22)23-20-17-10-6-5-9-16(17)19-18(20)11-12-21(19)13-15-7-3-2-4-8-15/h2-10,18-20H,11-13H2,1H3/t18-,19-,20-/m1/s1. The maximum Gasteiger partial charge on any atom is 0.303 e. The van der Waals surface area contributed by atoms with Crippen molar-refractivity contribution in [2.45, 2.75) is 32.0 Å². The second kappa shape index (κ2) is 5.82. The normalized spacial score (nSPS) is 25.9. The van der Waals surface area contributed by atoms with Gasteiger partial charge in [-0.05, 0) is 29.7 Å². The Hall–Kier alpha value is -2.13. The minimum Gasteiger partial charge on any atom is -0.457 e. The Balaban J connectivity index is 1.65. The maximum atomic E-state index is 11.5. The molecule has 0 unspecified atom stereocenters. The van der Waals surface area contributed by atoms with Crippen molar-refractivity contribution in [3.63, 3.8) is 0 Å². The number of hydrogen-bond acceptors (Lipinski definition) is 3. The lowest BCUT2D eigenvalue weighted by Crippen LogP contribution is -2.23. The van der Waals surface area contributed by atoms with E-state index >= 15 is 0 Å². The first-order chi connectivity index (χ1) is 11.2. The molecule has 1 aliphatic carbocycles. The van der Waals surface area contributed by atoms with Crippen molar-refractivity contribution in [2.24, 2.45) is 5.92 Å². The van der Waals surface area contributed by atoms with Crippen LogP contribution in [0.5, 0.6) is 0 Å². The Kier molecular flexibility index (Phi) is 3.66. The fraction of sp³-hybridized carbons (Fsp3) is 0.350. The van der Waals surface area contributed by atoms with Crippen LogP contribution in [-0.2, 0) is 16.1 Å². The molecule has 3 nitrogen and oxygen atoms in total. The lowest BCUT2D eigenvalue weighted by molar-refractivity contribution is -0.149. The lowest BCUT2D eigenvalue weighted by Gasteiger charge is -2.25. The second-order valence-corrected chi connectivity index (χ2v) is 6.51. The van der Waals surface area contributed by atoms with E-state index in [9.17, 15) is 4.79 Å². The zero-order chi connectivity index (χ0) is 15.8. The molecule has 3 heteroatoms. The number of fused-ring (bicyclic) bond motifs is 3. The van der Waals surface area contributed by atoms with Gasteiger partial charge in [0.05, 0.1) is 0 Å². The summed E-state index contributed by atoms with van der Waals surface area (Å²) < 4.78 is 5.68. The molecule has 0 radical (unpaired) electrons. The van der Waals surface area contributed by atoms with Crippen molar-refractivity contribution in [3.8, 4) is 0 Å². The van der Waals surface area contributed by atoms with Crippen LogP contribution < -0.4 is 0 Å². The van der Waals surface area contributed by atoms with Crippen molar-refractivity contribution in [2.75, 3.05) is 6.54 Å². The summed E-state index contributed by atoms with van der Waals surface area (Å²) in [6.07, 6.45) is 0.985. The molecular formula is C20H21NO2. The molecule has 4 rings (SSSR count). The van der Waals surface area contributed by atoms with E-state index in [4.69, 9.17) is 4.74 Å². The fourth-order valence-electron chi connectivity index (χ4n) is 4.22. The zero-order valence-corrected chi connectivity index (χ0v) is 13.3. The number of rotatable bonds is 3. The number of hydrogen-bond donors (Lipinski definition) is 0. The number of likely N-dealkylation sites (tertiary alicyclic amines) is 1. The van der Waals surface area contributed by atoms with Crippen molar-refractivity contribution in [1.29, 1.82) is 0 Å². The Morgan fingerprint density at radius 1 is 1.09 bits per heavy atom. The van der Waals surface area contributed by atoms with Gasteiger partial charge in [-0.2, -0.15) is 0 Å². The van der Waals surface area contributed by atoms with Gasteiger partial charge in [-0.3, -0.25) is 9.69 Å². The molecular weight excluding hydrogens is 286 g/mol. The van der Waals surface area contributed by atoms with Gasteiger partial charge in [-0.15, -0.1) is 0 Å². The molecule has 0 N–H and O–H groups in total. The monoisotopic (exact) mass is 307 g/mol. The predicted molar refractivity (Wildman–Crippen MR) is 88.6 cm³/mol. The Bertz CT molecular complexity index is 713. The molecule has 2 aromatic carbocycles. The molecule has 0 amide bonds. The first-order valence-electron chi connectivity index (χ1n) is 8.28. The van der Waals surface area contributed by atoms with E-state index in [2.05, 4.69) is 53.4 Å². The molecule has 0 aromatic heterocycles. The zero-order valence-electron chi connectivity index (χ0n) is 13.3. The van der Waals surface area contributed by atoms with Crippen molar-refractivity contribution in [1.82, 2.24) is 4.90 Å². The number of nitrogens with zero attached hydrogens (tertiary/aromatic N) is 1. The van der Waals surface area contributed by atoms with E-state index in [0.717, 1.165) is 19.5 Å². The van der Waals surface area contributed by atoms with Crippen LogP contribution in [0.3, 0.4) is 0 Å².